The highest BCUT2D eigenvalue weighted by molar-refractivity contribution is 6.02. The highest BCUT2D eigenvalue weighted by Gasteiger charge is 2.37. The second-order valence-electron chi connectivity index (χ2n) is 5.52. The van der Waals surface area contributed by atoms with Crippen molar-refractivity contribution in [1.82, 2.24) is 5.32 Å². The first kappa shape index (κ1) is 13.1. The average molecular weight is 274 g/mol. The van der Waals surface area contributed by atoms with Crippen LogP contribution in [0.5, 0.6) is 0 Å². The topological polar surface area (TPSA) is 69.6 Å². The monoisotopic (exact) mass is 274 g/mol. The van der Waals surface area contributed by atoms with Gasteiger partial charge in [0.2, 0.25) is 5.91 Å². The van der Waals surface area contributed by atoms with E-state index in [1.807, 2.05) is 24.3 Å². The van der Waals surface area contributed by atoms with Gasteiger partial charge in [-0.2, -0.15) is 0 Å². The van der Waals surface area contributed by atoms with Gasteiger partial charge in [0.15, 0.2) is 0 Å². The van der Waals surface area contributed by atoms with E-state index in [-0.39, 0.29) is 12.5 Å². The van der Waals surface area contributed by atoms with Crippen molar-refractivity contribution in [3.8, 4) is 0 Å². The molecule has 0 aromatic heterocycles. The molecule has 1 heterocycles. The predicted molar refractivity (Wildman–Crippen MR) is 74.6 cm³/mol. The summed E-state index contributed by atoms with van der Waals surface area (Å²) in [5.74, 6) is -0.413. The molecule has 0 spiro atoms. The van der Waals surface area contributed by atoms with Crippen molar-refractivity contribution in [2.45, 2.75) is 25.3 Å². The van der Waals surface area contributed by atoms with E-state index >= 15 is 0 Å². The van der Waals surface area contributed by atoms with E-state index in [9.17, 15) is 14.7 Å². The normalized spacial score (nSPS) is 20.8. The summed E-state index contributed by atoms with van der Waals surface area (Å²) in [5, 5.41) is 12.4. The fourth-order valence-corrected chi connectivity index (χ4v) is 2.68. The number of carbonyl (C=O) groups excluding carboxylic acids is 1. The molecule has 0 radical (unpaired) electrons. The lowest BCUT2D eigenvalue weighted by Gasteiger charge is -2.22. The molecular formula is C15H18N2O3. The highest BCUT2D eigenvalue weighted by Crippen LogP contribution is 2.32. The number of anilines is 1. The number of rotatable bonds is 5. The predicted octanol–water partition coefficient (Wildman–Crippen LogP) is 1.03. The molecule has 0 bridgehead atoms. The molecule has 1 aromatic carbocycles. The van der Waals surface area contributed by atoms with Crippen LogP contribution in [0.3, 0.4) is 0 Å². The molecule has 1 aromatic rings. The third kappa shape index (κ3) is 2.54. The fourth-order valence-electron chi connectivity index (χ4n) is 2.68. The molecule has 0 unspecified atom stereocenters. The van der Waals surface area contributed by atoms with Gasteiger partial charge in [-0.3, -0.25) is 9.69 Å². The number of hydrogen-bond acceptors (Lipinski definition) is 3. The number of aliphatic carboxylic acids is 1. The Morgan fingerprint density at radius 1 is 1.30 bits per heavy atom. The number of para-hydroxylation sites is 1. The van der Waals surface area contributed by atoms with Gasteiger partial charge in [0.1, 0.15) is 6.04 Å². The molecule has 106 valence electrons. The van der Waals surface area contributed by atoms with Crippen molar-refractivity contribution in [1.29, 1.82) is 0 Å². The minimum Gasteiger partial charge on any atom is -0.480 e. The van der Waals surface area contributed by atoms with E-state index in [2.05, 4.69) is 5.32 Å². The number of carboxylic acids is 1. The van der Waals surface area contributed by atoms with Crippen LogP contribution < -0.4 is 10.2 Å². The van der Waals surface area contributed by atoms with Crippen LogP contribution in [-0.2, 0) is 16.0 Å². The van der Waals surface area contributed by atoms with Crippen LogP contribution in [0.1, 0.15) is 18.4 Å². The van der Waals surface area contributed by atoms with Crippen LogP contribution in [0.2, 0.25) is 0 Å². The first-order valence-electron chi connectivity index (χ1n) is 7.00. The number of fused-ring (bicyclic) bond motifs is 1. The van der Waals surface area contributed by atoms with Gasteiger partial charge in [-0.15, -0.1) is 0 Å². The highest BCUT2D eigenvalue weighted by atomic mass is 16.4. The largest absolute Gasteiger partial charge is 0.480 e. The standard InChI is InChI=1S/C15H18N2O3/c18-14(9-16-8-10-5-6-10)17-12-4-2-1-3-11(12)7-13(17)15(19)20/h1-4,10,13,16H,5-9H2,(H,19,20)/t13-/m0/s1. The van der Waals surface area contributed by atoms with Gasteiger partial charge in [-0.1, -0.05) is 18.2 Å². The number of carboxylic acid groups (broad SMARTS) is 1. The van der Waals surface area contributed by atoms with Gasteiger partial charge >= 0.3 is 5.97 Å². The number of benzene rings is 1. The molecule has 5 heteroatoms. The third-order valence-electron chi connectivity index (χ3n) is 3.94. The van der Waals surface area contributed by atoms with Gasteiger partial charge in [0.05, 0.1) is 6.54 Å². The molecule has 0 saturated heterocycles. The van der Waals surface area contributed by atoms with E-state index in [0.717, 1.165) is 17.8 Å². The molecule has 5 nitrogen and oxygen atoms in total. The Morgan fingerprint density at radius 3 is 2.75 bits per heavy atom. The van der Waals surface area contributed by atoms with Crippen molar-refractivity contribution in [2.24, 2.45) is 5.92 Å². The Kier molecular flexibility index (Phi) is 3.44. The van der Waals surface area contributed by atoms with Crippen molar-refractivity contribution in [3.05, 3.63) is 29.8 Å². The van der Waals surface area contributed by atoms with Crippen LogP contribution in [0.4, 0.5) is 5.69 Å². The molecule has 1 aliphatic carbocycles. The SMILES string of the molecule is O=C(O)[C@@H]1Cc2ccccc2N1C(=O)CNCC1CC1. The molecule has 1 saturated carbocycles. The molecule has 1 amide bonds. The lowest BCUT2D eigenvalue weighted by Crippen LogP contribution is -2.46. The molecule has 1 atom stereocenters. The molecule has 2 N–H and O–H groups in total. The zero-order valence-corrected chi connectivity index (χ0v) is 11.2. The van der Waals surface area contributed by atoms with E-state index < -0.39 is 12.0 Å². The lowest BCUT2D eigenvalue weighted by atomic mass is 10.1. The Labute approximate surface area is 117 Å². The molecule has 3 rings (SSSR count). The Hall–Kier alpha value is -1.88. The zero-order valence-electron chi connectivity index (χ0n) is 11.2. The van der Waals surface area contributed by atoms with Gasteiger partial charge in [-0.05, 0) is 36.9 Å². The van der Waals surface area contributed by atoms with Gasteiger partial charge in [0, 0.05) is 12.1 Å². The van der Waals surface area contributed by atoms with Crippen LogP contribution >= 0.6 is 0 Å². The van der Waals surface area contributed by atoms with Gasteiger partial charge in [-0.25, -0.2) is 4.79 Å². The Morgan fingerprint density at radius 2 is 2.05 bits per heavy atom. The van der Waals surface area contributed by atoms with Gasteiger partial charge in [0.25, 0.3) is 0 Å². The molecule has 20 heavy (non-hydrogen) atoms. The summed E-state index contributed by atoms with van der Waals surface area (Å²) >= 11 is 0. The Balaban J connectivity index is 1.73. The summed E-state index contributed by atoms with van der Waals surface area (Å²) in [4.78, 5) is 25.1. The molecule has 1 aliphatic heterocycles. The Bertz CT molecular complexity index is 540. The maximum Gasteiger partial charge on any atom is 0.327 e. The minimum absolute atomic E-state index is 0.164. The second kappa shape index (κ2) is 5.25. The quantitative estimate of drug-likeness (QED) is 0.841. The zero-order chi connectivity index (χ0) is 14.1. The maximum atomic E-state index is 12.3. The minimum atomic E-state index is -0.947. The maximum absolute atomic E-state index is 12.3. The summed E-state index contributed by atoms with van der Waals surface area (Å²) in [6.07, 6.45) is 2.84. The number of hydrogen-bond donors (Lipinski definition) is 2. The summed E-state index contributed by atoms with van der Waals surface area (Å²) in [6, 6.07) is 6.63. The first-order chi connectivity index (χ1) is 9.66. The summed E-state index contributed by atoms with van der Waals surface area (Å²) in [7, 11) is 0. The summed E-state index contributed by atoms with van der Waals surface area (Å²) in [6.45, 7) is 1.05. The van der Waals surface area contributed by atoms with Crippen LogP contribution in [0, 0.1) is 5.92 Å². The van der Waals surface area contributed by atoms with Crippen molar-refractivity contribution in [3.63, 3.8) is 0 Å². The van der Waals surface area contributed by atoms with E-state index in [0.29, 0.717) is 12.3 Å². The summed E-state index contributed by atoms with van der Waals surface area (Å²) in [5.41, 5.74) is 1.66. The number of carbonyl (C=O) groups is 2. The van der Waals surface area contributed by atoms with E-state index in [1.54, 1.807) is 0 Å². The lowest BCUT2D eigenvalue weighted by molar-refractivity contribution is -0.139. The van der Waals surface area contributed by atoms with E-state index in [4.69, 9.17) is 0 Å². The molecule has 2 aliphatic rings. The fraction of sp³-hybridized carbons (Fsp3) is 0.467. The smallest absolute Gasteiger partial charge is 0.327 e. The van der Waals surface area contributed by atoms with Crippen molar-refractivity contribution < 1.29 is 14.7 Å². The third-order valence-corrected chi connectivity index (χ3v) is 3.94. The first-order valence-corrected chi connectivity index (χ1v) is 7.00. The second-order valence-corrected chi connectivity index (χ2v) is 5.52. The number of nitrogens with one attached hydrogen (secondary N) is 1. The van der Waals surface area contributed by atoms with Crippen LogP contribution in [0.15, 0.2) is 24.3 Å². The average Bonchev–Trinajstić information content (AvgIpc) is 3.16. The van der Waals surface area contributed by atoms with Crippen LogP contribution in [0.25, 0.3) is 0 Å². The van der Waals surface area contributed by atoms with Crippen LogP contribution in [-0.4, -0.2) is 36.1 Å². The van der Waals surface area contributed by atoms with Gasteiger partial charge < -0.3 is 10.4 Å². The number of nitrogens with zero attached hydrogens (tertiary/aromatic N) is 1. The number of amides is 1. The van der Waals surface area contributed by atoms with Crippen molar-refractivity contribution >= 4 is 17.6 Å². The molecule has 1 fully saturated rings. The molecular weight excluding hydrogens is 256 g/mol. The summed E-state index contributed by atoms with van der Waals surface area (Å²) < 4.78 is 0. The van der Waals surface area contributed by atoms with E-state index in [1.165, 1.54) is 17.7 Å². The van der Waals surface area contributed by atoms with Crippen molar-refractivity contribution in [2.75, 3.05) is 18.0 Å².